The topological polar surface area (TPSA) is 49.4 Å². The molecule has 0 aromatic carbocycles. The maximum Gasteiger partial charge on any atom is 0.247 e. The van der Waals surface area contributed by atoms with Crippen molar-refractivity contribution in [2.75, 3.05) is 6.54 Å². The van der Waals surface area contributed by atoms with Crippen LogP contribution in [0.2, 0.25) is 0 Å². The summed E-state index contributed by atoms with van der Waals surface area (Å²) >= 11 is 0. The standard InChI is InChI=1S/C17H26N2O2/c20-16-12-15(18-11-10-13-6-4-5-7-13)17(21)19(16)14-8-2-1-3-9-14/h6,14-15,18H,1-5,7-12H2. The largest absolute Gasteiger partial charge is 0.305 e. The van der Waals surface area contributed by atoms with Gasteiger partial charge in [0.05, 0.1) is 12.5 Å². The van der Waals surface area contributed by atoms with Crippen LogP contribution in [-0.2, 0) is 9.59 Å². The highest BCUT2D eigenvalue weighted by atomic mass is 16.2. The minimum Gasteiger partial charge on any atom is -0.305 e. The molecule has 2 amide bonds. The second-order valence-electron chi connectivity index (χ2n) is 6.61. The van der Waals surface area contributed by atoms with Crippen LogP contribution >= 0.6 is 0 Å². The molecule has 3 rings (SSSR count). The van der Waals surface area contributed by atoms with Crippen molar-refractivity contribution < 1.29 is 9.59 Å². The number of likely N-dealkylation sites (tertiary alicyclic amines) is 1. The van der Waals surface area contributed by atoms with Crippen molar-refractivity contribution in [3.05, 3.63) is 11.6 Å². The number of amides is 2. The molecule has 116 valence electrons. The third-order valence-corrected chi connectivity index (χ3v) is 5.09. The second-order valence-corrected chi connectivity index (χ2v) is 6.61. The van der Waals surface area contributed by atoms with E-state index in [9.17, 15) is 9.59 Å². The van der Waals surface area contributed by atoms with Crippen LogP contribution < -0.4 is 5.32 Å². The Balaban J connectivity index is 1.50. The van der Waals surface area contributed by atoms with E-state index in [0.29, 0.717) is 6.42 Å². The molecule has 1 saturated heterocycles. The van der Waals surface area contributed by atoms with Gasteiger partial charge in [0.1, 0.15) is 0 Å². The predicted molar refractivity (Wildman–Crippen MR) is 81.7 cm³/mol. The molecule has 1 atom stereocenters. The van der Waals surface area contributed by atoms with Gasteiger partial charge in [-0.3, -0.25) is 14.5 Å². The zero-order valence-electron chi connectivity index (χ0n) is 12.8. The fourth-order valence-corrected chi connectivity index (χ4v) is 3.90. The molecular formula is C17H26N2O2. The molecule has 4 heteroatoms. The minimum atomic E-state index is -0.276. The Kier molecular flexibility index (Phi) is 4.73. The van der Waals surface area contributed by atoms with Crippen LogP contribution in [-0.4, -0.2) is 35.3 Å². The van der Waals surface area contributed by atoms with E-state index in [0.717, 1.165) is 38.6 Å². The van der Waals surface area contributed by atoms with Gasteiger partial charge in [-0.05, 0) is 45.1 Å². The summed E-state index contributed by atoms with van der Waals surface area (Å²) in [6, 6.07) is -0.107. The Labute approximate surface area is 127 Å². The predicted octanol–water partition coefficient (Wildman–Crippen LogP) is 2.54. The zero-order chi connectivity index (χ0) is 14.7. The van der Waals surface area contributed by atoms with E-state index in [4.69, 9.17) is 0 Å². The molecule has 0 aromatic heterocycles. The summed E-state index contributed by atoms with van der Waals surface area (Å²) in [7, 11) is 0. The first-order chi connectivity index (χ1) is 10.3. The van der Waals surface area contributed by atoms with Crippen molar-refractivity contribution in [3.8, 4) is 0 Å². The summed E-state index contributed by atoms with van der Waals surface area (Å²) < 4.78 is 0. The van der Waals surface area contributed by atoms with E-state index in [1.54, 1.807) is 4.90 Å². The molecule has 0 bridgehead atoms. The first-order valence-corrected chi connectivity index (χ1v) is 8.53. The lowest BCUT2D eigenvalue weighted by molar-refractivity contribution is -0.142. The molecule has 1 heterocycles. The quantitative estimate of drug-likeness (QED) is 0.625. The smallest absolute Gasteiger partial charge is 0.247 e. The van der Waals surface area contributed by atoms with Gasteiger partial charge < -0.3 is 5.32 Å². The molecule has 1 aliphatic heterocycles. The van der Waals surface area contributed by atoms with E-state index >= 15 is 0 Å². The van der Waals surface area contributed by atoms with Crippen molar-refractivity contribution in [1.29, 1.82) is 0 Å². The molecule has 2 fully saturated rings. The lowest BCUT2D eigenvalue weighted by Gasteiger charge is -2.29. The summed E-state index contributed by atoms with van der Waals surface area (Å²) in [5.41, 5.74) is 1.50. The summed E-state index contributed by atoms with van der Waals surface area (Å²) in [5.74, 6) is 0.0526. The Morgan fingerprint density at radius 2 is 1.95 bits per heavy atom. The number of imide groups is 1. The van der Waals surface area contributed by atoms with Crippen LogP contribution in [0.3, 0.4) is 0 Å². The molecule has 1 unspecified atom stereocenters. The Morgan fingerprint density at radius 3 is 2.67 bits per heavy atom. The summed E-state index contributed by atoms with van der Waals surface area (Å²) in [5, 5.41) is 3.30. The number of hydrogen-bond acceptors (Lipinski definition) is 3. The van der Waals surface area contributed by atoms with Crippen LogP contribution in [0.4, 0.5) is 0 Å². The average Bonchev–Trinajstić information content (AvgIpc) is 3.09. The molecule has 0 aromatic rings. The van der Waals surface area contributed by atoms with Crippen LogP contribution in [0.15, 0.2) is 11.6 Å². The zero-order valence-corrected chi connectivity index (χ0v) is 12.8. The van der Waals surface area contributed by atoms with Crippen LogP contribution in [0.1, 0.15) is 64.2 Å². The number of carbonyl (C=O) groups excluding carboxylic acids is 2. The number of allylic oxidation sites excluding steroid dienone is 1. The van der Waals surface area contributed by atoms with Gasteiger partial charge in [-0.1, -0.05) is 30.9 Å². The summed E-state index contributed by atoms with van der Waals surface area (Å²) in [4.78, 5) is 26.2. The molecular weight excluding hydrogens is 264 g/mol. The summed E-state index contributed by atoms with van der Waals surface area (Å²) in [6.45, 7) is 0.814. The third kappa shape index (κ3) is 3.37. The van der Waals surface area contributed by atoms with Gasteiger partial charge in [-0.2, -0.15) is 0 Å². The van der Waals surface area contributed by atoms with Gasteiger partial charge in [0.25, 0.3) is 0 Å². The second kappa shape index (κ2) is 6.73. The minimum absolute atomic E-state index is 0.0206. The maximum atomic E-state index is 12.5. The van der Waals surface area contributed by atoms with Gasteiger partial charge in [0.15, 0.2) is 0 Å². The average molecular weight is 290 g/mol. The number of carbonyl (C=O) groups is 2. The van der Waals surface area contributed by atoms with E-state index < -0.39 is 0 Å². The van der Waals surface area contributed by atoms with Crippen LogP contribution in [0.25, 0.3) is 0 Å². The fourth-order valence-electron chi connectivity index (χ4n) is 3.90. The highest BCUT2D eigenvalue weighted by Crippen LogP contribution is 2.27. The van der Waals surface area contributed by atoms with Gasteiger partial charge >= 0.3 is 0 Å². The maximum absolute atomic E-state index is 12.5. The highest BCUT2D eigenvalue weighted by Gasteiger charge is 2.42. The molecule has 4 nitrogen and oxygen atoms in total. The number of hydrogen-bond donors (Lipinski definition) is 1. The van der Waals surface area contributed by atoms with E-state index in [-0.39, 0.29) is 23.9 Å². The summed E-state index contributed by atoms with van der Waals surface area (Å²) in [6.07, 6.45) is 12.9. The number of nitrogens with zero attached hydrogens (tertiary/aromatic N) is 1. The van der Waals surface area contributed by atoms with Crippen molar-refractivity contribution in [3.63, 3.8) is 0 Å². The van der Waals surface area contributed by atoms with Crippen molar-refractivity contribution in [2.24, 2.45) is 0 Å². The number of nitrogens with one attached hydrogen (secondary N) is 1. The lowest BCUT2D eigenvalue weighted by Crippen LogP contribution is -2.44. The van der Waals surface area contributed by atoms with E-state index in [1.165, 1.54) is 31.3 Å². The van der Waals surface area contributed by atoms with Gasteiger partial charge in [-0.25, -0.2) is 0 Å². The van der Waals surface area contributed by atoms with Gasteiger partial charge in [-0.15, -0.1) is 0 Å². The van der Waals surface area contributed by atoms with Gasteiger partial charge in [0.2, 0.25) is 11.8 Å². The Hall–Kier alpha value is -1.16. The Bertz CT molecular complexity index is 438. The Morgan fingerprint density at radius 1 is 1.14 bits per heavy atom. The lowest BCUT2D eigenvalue weighted by atomic mass is 9.94. The first-order valence-electron chi connectivity index (χ1n) is 8.53. The van der Waals surface area contributed by atoms with Crippen molar-refractivity contribution >= 4 is 11.8 Å². The molecule has 0 spiro atoms. The molecule has 0 radical (unpaired) electrons. The number of rotatable bonds is 5. The van der Waals surface area contributed by atoms with E-state index in [1.807, 2.05) is 0 Å². The normalized spacial score (nSPS) is 27.5. The van der Waals surface area contributed by atoms with Crippen molar-refractivity contribution in [2.45, 2.75) is 76.3 Å². The monoisotopic (exact) mass is 290 g/mol. The molecule has 1 N–H and O–H groups in total. The van der Waals surface area contributed by atoms with Crippen molar-refractivity contribution in [1.82, 2.24) is 10.2 Å². The van der Waals surface area contributed by atoms with Gasteiger partial charge in [0, 0.05) is 6.04 Å². The van der Waals surface area contributed by atoms with E-state index in [2.05, 4.69) is 11.4 Å². The first kappa shape index (κ1) is 14.8. The third-order valence-electron chi connectivity index (χ3n) is 5.09. The molecule has 21 heavy (non-hydrogen) atoms. The van der Waals surface area contributed by atoms with Crippen LogP contribution in [0.5, 0.6) is 0 Å². The SMILES string of the molecule is O=C1CC(NCCC2=CCCC2)C(=O)N1C1CCCCC1. The fraction of sp³-hybridized carbons (Fsp3) is 0.765. The molecule has 2 aliphatic carbocycles. The van der Waals surface area contributed by atoms with Crippen LogP contribution in [0, 0.1) is 0 Å². The molecule has 3 aliphatic rings. The molecule has 1 saturated carbocycles. The highest BCUT2D eigenvalue weighted by molar-refractivity contribution is 6.05.